The molecule has 0 atom stereocenters. The van der Waals surface area contributed by atoms with E-state index in [1.807, 2.05) is 36.4 Å². The van der Waals surface area contributed by atoms with Crippen molar-refractivity contribution in [2.45, 2.75) is 108 Å². The second-order valence-corrected chi connectivity index (χ2v) is 23.3. The van der Waals surface area contributed by atoms with Crippen molar-refractivity contribution in [1.82, 2.24) is 14.1 Å². The Morgan fingerprint density at radius 3 is 1.98 bits per heavy atom. The molecule has 2 heterocycles. The van der Waals surface area contributed by atoms with E-state index in [1.165, 1.54) is 10.4 Å². The topological polar surface area (TPSA) is 85.7 Å². The number of hydrogen-bond donors (Lipinski definition) is 1. The molecule has 1 fully saturated rings. The lowest BCUT2D eigenvalue weighted by Crippen LogP contribution is -2.67. The molecule has 0 spiro atoms. The predicted octanol–water partition coefficient (Wildman–Crippen LogP) is 8.74. The molecule has 1 aromatic heterocycles. The van der Waals surface area contributed by atoms with Crippen LogP contribution in [-0.2, 0) is 33.0 Å². The largest absolute Gasteiger partial charge is 0.497 e. The number of fused-ring (bicyclic) bond motifs is 1. The first-order valence-electron chi connectivity index (χ1n) is 19.6. The summed E-state index contributed by atoms with van der Waals surface area (Å²) in [6, 6.07) is 37.2. The zero-order valence-corrected chi connectivity index (χ0v) is 35.2. The molecule has 7 rings (SSSR count). The van der Waals surface area contributed by atoms with Crippen LogP contribution >= 0.6 is 0 Å². The standard InChI is InChI=1S/C45H56N4O4SSi/c1-44(2,3)49-43(46-36-22-27-42-35(30-36)28-29-48(54(42,50)51)32-33-18-23-37(52-7)24-19-33)31-41(47-49)34-20-25-38(26-21-34)53-55(45(4,5)6,39-14-10-8-11-15-39)40-16-12-9-13-17-40/h8-19,22-24,27,30-31,34,38,46H,20-21,25-26,28-29,32H2,1-7H3. The lowest BCUT2D eigenvalue weighted by molar-refractivity contribution is 0.134. The van der Waals surface area contributed by atoms with Crippen LogP contribution in [0.4, 0.5) is 11.5 Å². The van der Waals surface area contributed by atoms with Crippen LogP contribution in [0, 0.1) is 0 Å². The molecule has 1 aliphatic carbocycles. The van der Waals surface area contributed by atoms with E-state index in [-0.39, 0.29) is 16.7 Å². The average molecular weight is 777 g/mol. The minimum Gasteiger partial charge on any atom is -0.497 e. The van der Waals surface area contributed by atoms with Crippen molar-refractivity contribution in [3.63, 3.8) is 0 Å². The molecular formula is C45H56N4O4SSi. The van der Waals surface area contributed by atoms with Gasteiger partial charge in [0.05, 0.1) is 23.2 Å². The zero-order valence-electron chi connectivity index (χ0n) is 33.4. The fraction of sp³-hybridized carbons (Fsp3) is 0.400. The Bertz CT molecular complexity index is 2150. The number of nitrogens with one attached hydrogen (secondary N) is 1. The van der Waals surface area contributed by atoms with Gasteiger partial charge >= 0.3 is 0 Å². The highest BCUT2D eigenvalue weighted by Gasteiger charge is 2.51. The van der Waals surface area contributed by atoms with Crippen molar-refractivity contribution in [2.75, 3.05) is 19.0 Å². The van der Waals surface area contributed by atoms with E-state index in [0.717, 1.165) is 59.8 Å². The quantitative estimate of drug-likeness (QED) is 0.143. The fourth-order valence-electron chi connectivity index (χ4n) is 8.47. The van der Waals surface area contributed by atoms with E-state index in [4.69, 9.17) is 14.3 Å². The van der Waals surface area contributed by atoms with Gasteiger partial charge in [0.15, 0.2) is 0 Å². The highest BCUT2D eigenvalue weighted by molar-refractivity contribution is 7.89. The van der Waals surface area contributed by atoms with E-state index in [0.29, 0.717) is 30.3 Å². The number of sulfonamides is 1. The first-order valence-corrected chi connectivity index (χ1v) is 23.0. The first kappa shape index (κ1) is 39.0. The molecule has 4 aromatic carbocycles. The van der Waals surface area contributed by atoms with Crippen molar-refractivity contribution in [1.29, 1.82) is 0 Å². The number of aromatic nitrogens is 2. The van der Waals surface area contributed by atoms with Gasteiger partial charge in [-0.2, -0.15) is 9.40 Å². The number of benzene rings is 4. The molecule has 1 N–H and O–H groups in total. The van der Waals surface area contributed by atoms with Crippen LogP contribution < -0.4 is 20.4 Å². The molecule has 55 heavy (non-hydrogen) atoms. The lowest BCUT2D eigenvalue weighted by atomic mass is 9.85. The van der Waals surface area contributed by atoms with Gasteiger partial charge in [-0.05, 0) is 110 Å². The molecule has 2 aliphatic rings. The second-order valence-electron chi connectivity index (χ2n) is 17.2. The molecule has 10 heteroatoms. The minimum absolute atomic E-state index is 0.0594. The summed E-state index contributed by atoms with van der Waals surface area (Å²) in [5, 5.41) is 11.4. The molecule has 8 nitrogen and oxygen atoms in total. The van der Waals surface area contributed by atoms with Crippen molar-refractivity contribution in [2.24, 2.45) is 0 Å². The van der Waals surface area contributed by atoms with Crippen molar-refractivity contribution in [3.8, 4) is 5.75 Å². The highest BCUT2D eigenvalue weighted by Crippen LogP contribution is 2.42. The second kappa shape index (κ2) is 15.4. The molecule has 5 aromatic rings. The van der Waals surface area contributed by atoms with E-state index < -0.39 is 18.3 Å². The lowest BCUT2D eigenvalue weighted by Gasteiger charge is -2.46. The van der Waals surface area contributed by atoms with Gasteiger partial charge in [0, 0.05) is 36.9 Å². The molecule has 1 aliphatic heterocycles. The monoisotopic (exact) mass is 776 g/mol. The van der Waals surface area contributed by atoms with Crippen LogP contribution in [0.15, 0.2) is 114 Å². The maximum absolute atomic E-state index is 13.7. The molecular weight excluding hydrogens is 721 g/mol. The summed E-state index contributed by atoms with van der Waals surface area (Å²) >= 11 is 0. The molecule has 290 valence electrons. The van der Waals surface area contributed by atoms with Gasteiger partial charge in [-0.1, -0.05) is 93.6 Å². The number of anilines is 2. The maximum atomic E-state index is 13.7. The summed E-state index contributed by atoms with van der Waals surface area (Å²) in [4.78, 5) is 0.375. The number of rotatable bonds is 10. The number of ether oxygens (including phenoxy) is 1. The highest BCUT2D eigenvalue weighted by atomic mass is 32.2. The molecule has 0 bridgehead atoms. The van der Waals surface area contributed by atoms with E-state index in [1.54, 1.807) is 17.5 Å². The minimum atomic E-state index is -3.64. The van der Waals surface area contributed by atoms with Gasteiger partial charge in [0.25, 0.3) is 8.32 Å². The maximum Gasteiger partial charge on any atom is 0.261 e. The summed E-state index contributed by atoms with van der Waals surface area (Å²) in [5.41, 5.74) is 3.45. The normalized spacial score (nSPS) is 19.1. The smallest absolute Gasteiger partial charge is 0.261 e. The summed E-state index contributed by atoms with van der Waals surface area (Å²) < 4.78 is 43.9. The third-order valence-electron chi connectivity index (χ3n) is 11.3. The van der Waals surface area contributed by atoms with Gasteiger partial charge in [-0.3, -0.25) is 0 Å². The van der Waals surface area contributed by atoms with Gasteiger partial charge in [-0.15, -0.1) is 0 Å². The number of methoxy groups -OCH3 is 1. The SMILES string of the molecule is COc1ccc(CN2CCc3cc(Nc4cc(C5CCC(O[Si](c6ccccc6)(c6ccccc6)C(C)(C)C)CC5)nn4C(C)(C)C)ccc3S2(=O)=O)cc1. The summed E-state index contributed by atoms with van der Waals surface area (Å²) in [6.45, 7) is 14.3. The molecule has 1 saturated carbocycles. The molecule has 0 amide bonds. The van der Waals surface area contributed by atoms with Crippen LogP contribution in [0.25, 0.3) is 0 Å². The first-order chi connectivity index (χ1) is 26.2. The van der Waals surface area contributed by atoms with Crippen LogP contribution in [0.3, 0.4) is 0 Å². The summed E-state index contributed by atoms with van der Waals surface area (Å²) in [5.74, 6) is 1.99. The number of nitrogens with zero attached hydrogens (tertiary/aromatic N) is 3. The van der Waals surface area contributed by atoms with Crippen LogP contribution in [0.2, 0.25) is 5.04 Å². The van der Waals surface area contributed by atoms with Crippen molar-refractivity contribution >= 4 is 40.2 Å². The Hall–Kier alpha value is -4.22. The number of hydrogen-bond acceptors (Lipinski definition) is 6. The third kappa shape index (κ3) is 7.92. The van der Waals surface area contributed by atoms with Gasteiger partial charge in [0.2, 0.25) is 10.0 Å². The van der Waals surface area contributed by atoms with E-state index in [9.17, 15) is 8.42 Å². The van der Waals surface area contributed by atoms with Gasteiger partial charge < -0.3 is 14.5 Å². The third-order valence-corrected chi connectivity index (χ3v) is 18.4. The Labute approximate surface area is 329 Å². The van der Waals surface area contributed by atoms with Crippen molar-refractivity contribution < 1.29 is 17.6 Å². The predicted molar refractivity (Wildman–Crippen MR) is 225 cm³/mol. The van der Waals surface area contributed by atoms with Crippen LogP contribution in [0.5, 0.6) is 5.75 Å². The molecule has 0 radical (unpaired) electrons. The average Bonchev–Trinajstić information content (AvgIpc) is 3.60. The van der Waals surface area contributed by atoms with E-state index >= 15 is 0 Å². The Morgan fingerprint density at radius 2 is 1.42 bits per heavy atom. The summed E-state index contributed by atoms with van der Waals surface area (Å²) in [7, 11) is -4.64. The summed E-state index contributed by atoms with van der Waals surface area (Å²) in [6.07, 6.45) is 4.79. The Morgan fingerprint density at radius 1 is 0.800 bits per heavy atom. The van der Waals surface area contributed by atoms with Crippen molar-refractivity contribution in [3.05, 3.63) is 126 Å². The zero-order chi connectivity index (χ0) is 39.0. The van der Waals surface area contributed by atoms with E-state index in [2.05, 4.69) is 118 Å². The van der Waals surface area contributed by atoms with Gasteiger partial charge in [0.1, 0.15) is 11.6 Å². The fourth-order valence-corrected chi connectivity index (χ4v) is 14.9. The molecule has 0 unspecified atom stereocenters. The Balaban J connectivity index is 1.08. The van der Waals surface area contributed by atoms with Crippen LogP contribution in [0.1, 0.15) is 90.0 Å². The molecule has 0 saturated heterocycles. The van der Waals surface area contributed by atoms with Crippen LogP contribution in [-0.4, -0.2) is 50.6 Å². The van der Waals surface area contributed by atoms with Gasteiger partial charge in [-0.25, -0.2) is 13.1 Å². The Kier molecular flexibility index (Phi) is 10.9.